The molecule has 1 aliphatic heterocycles. The van der Waals surface area contributed by atoms with Gasteiger partial charge in [-0.15, -0.1) is 0 Å². The zero-order valence-electron chi connectivity index (χ0n) is 15.6. The Morgan fingerprint density at radius 1 is 1.22 bits per heavy atom. The van der Waals surface area contributed by atoms with E-state index in [9.17, 15) is 19.1 Å². The lowest BCUT2D eigenvalue weighted by Crippen LogP contribution is -2.52. The SMILES string of the molecule is CC(C)(C)c1ccn(C2(C(=O)O)CCN(C(=O)c3cncc(F)c3)CC2)n1. The molecule has 0 spiro atoms. The van der Waals surface area contributed by atoms with Gasteiger partial charge in [-0.25, -0.2) is 9.18 Å². The molecule has 3 rings (SSSR count). The number of hydrogen-bond acceptors (Lipinski definition) is 4. The first-order valence-electron chi connectivity index (χ1n) is 8.83. The number of aliphatic carboxylic acids is 1. The number of carboxylic acids is 1. The predicted molar refractivity (Wildman–Crippen MR) is 95.9 cm³/mol. The van der Waals surface area contributed by atoms with Gasteiger partial charge in [0.25, 0.3) is 5.91 Å². The third-order valence-corrected chi connectivity index (χ3v) is 5.02. The smallest absolute Gasteiger partial charge is 0.331 e. The number of rotatable bonds is 3. The highest BCUT2D eigenvalue weighted by atomic mass is 19.1. The largest absolute Gasteiger partial charge is 0.479 e. The molecule has 0 unspecified atom stereocenters. The van der Waals surface area contributed by atoms with Crippen LogP contribution in [0.4, 0.5) is 4.39 Å². The summed E-state index contributed by atoms with van der Waals surface area (Å²) in [6, 6.07) is 2.97. The van der Waals surface area contributed by atoms with Crippen molar-refractivity contribution < 1.29 is 19.1 Å². The highest BCUT2D eigenvalue weighted by molar-refractivity contribution is 5.94. The number of nitrogens with zero attached hydrogens (tertiary/aromatic N) is 4. The van der Waals surface area contributed by atoms with Gasteiger partial charge in [-0.1, -0.05) is 20.8 Å². The minimum atomic E-state index is -1.19. The van der Waals surface area contributed by atoms with Crippen LogP contribution in [0.25, 0.3) is 0 Å². The molecule has 1 amide bonds. The molecule has 0 aliphatic carbocycles. The standard InChI is InChI=1S/C19H23FN4O3/c1-18(2,3)15-4-7-24(22-15)19(17(26)27)5-8-23(9-6-19)16(25)13-10-14(20)12-21-11-13/h4,7,10-12H,5-6,8-9H2,1-3H3,(H,26,27). The maximum absolute atomic E-state index is 13.3. The van der Waals surface area contributed by atoms with Gasteiger partial charge in [0.1, 0.15) is 5.82 Å². The minimum Gasteiger partial charge on any atom is -0.479 e. The van der Waals surface area contributed by atoms with Crippen molar-refractivity contribution in [1.29, 1.82) is 0 Å². The fraction of sp³-hybridized carbons (Fsp3) is 0.474. The number of carbonyl (C=O) groups is 2. The van der Waals surface area contributed by atoms with Crippen LogP contribution >= 0.6 is 0 Å². The number of amides is 1. The number of carboxylic acid groups (broad SMARTS) is 1. The molecule has 0 radical (unpaired) electrons. The average Bonchev–Trinajstić information content (AvgIpc) is 3.12. The van der Waals surface area contributed by atoms with Crippen LogP contribution in [0.3, 0.4) is 0 Å². The Morgan fingerprint density at radius 3 is 2.41 bits per heavy atom. The highest BCUT2D eigenvalue weighted by Crippen LogP contribution is 2.32. The topological polar surface area (TPSA) is 88.3 Å². The van der Waals surface area contributed by atoms with Gasteiger partial charge in [-0.3, -0.25) is 14.5 Å². The predicted octanol–water partition coefficient (Wildman–Crippen LogP) is 2.43. The van der Waals surface area contributed by atoms with Gasteiger partial charge in [0, 0.05) is 43.7 Å². The van der Waals surface area contributed by atoms with E-state index in [0.717, 1.165) is 18.0 Å². The summed E-state index contributed by atoms with van der Waals surface area (Å²) >= 11 is 0. The number of halogens is 1. The van der Waals surface area contributed by atoms with Gasteiger partial charge in [-0.2, -0.15) is 5.10 Å². The number of pyridine rings is 1. The lowest BCUT2D eigenvalue weighted by atomic mass is 9.87. The second-order valence-corrected chi connectivity index (χ2v) is 7.92. The van der Waals surface area contributed by atoms with E-state index in [1.807, 2.05) is 26.8 Å². The van der Waals surface area contributed by atoms with Crippen LogP contribution in [0.5, 0.6) is 0 Å². The molecule has 0 aromatic carbocycles. The molecule has 0 saturated carbocycles. The Labute approximate surface area is 156 Å². The summed E-state index contributed by atoms with van der Waals surface area (Å²) in [5.74, 6) is -1.90. The molecule has 8 heteroatoms. The summed E-state index contributed by atoms with van der Waals surface area (Å²) in [6.07, 6.45) is 4.49. The average molecular weight is 374 g/mol. The summed E-state index contributed by atoms with van der Waals surface area (Å²) < 4.78 is 14.8. The zero-order chi connectivity index (χ0) is 19.8. The highest BCUT2D eigenvalue weighted by Gasteiger charge is 2.45. The van der Waals surface area contributed by atoms with E-state index in [-0.39, 0.29) is 42.8 Å². The van der Waals surface area contributed by atoms with Gasteiger partial charge in [0.2, 0.25) is 0 Å². The maximum Gasteiger partial charge on any atom is 0.331 e. The number of hydrogen-bond donors (Lipinski definition) is 1. The molecule has 1 N–H and O–H groups in total. The molecule has 0 bridgehead atoms. The van der Waals surface area contributed by atoms with Gasteiger partial charge in [0.05, 0.1) is 17.5 Å². The van der Waals surface area contributed by atoms with E-state index in [0.29, 0.717) is 0 Å². The van der Waals surface area contributed by atoms with Gasteiger partial charge >= 0.3 is 5.97 Å². The van der Waals surface area contributed by atoms with Crippen LogP contribution in [-0.2, 0) is 15.7 Å². The quantitative estimate of drug-likeness (QED) is 0.891. The lowest BCUT2D eigenvalue weighted by molar-refractivity contribution is -0.150. The normalized spacial score (nSPS) is 17.0. The van der Waals surface area contributed by atoms with Gasteiger partial charge in [0.15, 0.2) is 5.54 Å². The number of piperidine rings is 1. The molecule has 2 aromatic rings. The molecule has 0 atom stereocenters. The Hall–Kier alpha value is -2.77. The Morgan fingerprint density at radius 2 is 1.89 bits per heavy atom. The second-order valence-electron chi connectivity index (χ2n) is 7.92. The first-order valence-corrected chi connectivity index (χ1v) is 8.83. The Bertz CT molecular complexity index is 864. The summed E-state index contributed by atoms with van der Waals surface area (Å²) in [4.78, 5) is 29.9. The molecule has 7 nitrogen and oxygen atoms in total. The van der Waals surface area contributed by atoms with Crippen molar-refractivity contribution in [2.45, 2.75) is 44.6 Å². The van der Waals surface area contributed by atoms with E-state index >= 15 is 0 Å². The van der Waals surface area contributed by atoms with Crippen molar-refractivity contribution in [2.75, 3.05) is 13.1 Å². The van der Waals surface area contributed by atoms with Crippen molar-refractivity contribution in [1.82, 2.24) is 19.7 Å². The van der Waals surface area contributed by atoms with Crippen LogP contribution in [0.1, 0.15) is 49.7 Å². The number of aromatic nitrogens is 3. The van der Waals surface area contributed by atoms with Gasteiger partial charge in [-0.05, 0) is 12.1 Å². The summed E-state index contributed by atoms with van der Waals surface area (Å²) in [7, 11) is 0. The Balaban J connectivity index is 1.81. The molecular weight excluding hydrogens is 351 g/mol. The fourth-order valence-electron chi connectivity index (χ4n) is 3.29. The third-order valence-electron chi connectivity index (χ3n) is 5.02. The molecule has 27 heavy (non-hydrogen) atoms. The van der Waals surface area contributed by atoms with Crippen molar-refractivity contribution in [3.8, 4) is 0 Å². The first kappa shape index (κ1) is 19.0. The third kappa shape index (κ3) is 3.56. The summed E-state index contributed by atoms with van der Waals surface area (Å²) in [5.41, 5.74) is -0.411. The molecule has 144 valence electrons. The van der Waals surface area contributed by atoms with E-state index in [1.165, 1.54) is 15.8 Å². The fourth-order valence-corrected chi connectivity index (χ4v) is 3.29. The van der Waals surface area contributed by atoms with E-state index in [1.54, 1.807) is 6.20 Å². The van der Waals surface area contributed by atoms with Crippen molar-refractivity contribution in [2.24, 2.45) is 0 Å². The molecule has 1 fully saturated rings. The first-order chi connectivity index (χ1) is 12.6. The van der Waals surface area contributed by atoms with E-state index in [2.05, 4.69) is 10.1 Å². The van der Waals surface area contributed by atoms with Crippen molar-refractivity contribution >= 4 is 11.9 Å². The summed E-state index contributed by atoms with van der Waals surface area (Å²) in [6.45, 7) is 6.53. The number of carbonyl (C=O) groups excluding carboxylic acids is 1. The maximum atomic E-state index is 13.3. The summed E-state index contributed by atoms with van der Waals surface area (Å²) in [5, 5.41) is 14.4. The van der Waals surface area contributed by atoms with Crippen molar-refractivity contribution in [3.63, 3.8) is 0 Å². The van der Waals surface area contributed by atoms with Crippen LogP contribution in [0, 0.1) is 5.82 Å². The van der Waals surface area contributed by atoms with Crippen LogP contribution in [-0.4, -0.2) is 49.7 Å². The van der Waals surface area contributed by atoms with Crippen LogP contribution < -0.4 is 0 Å². The number of likely N-dealkylation sites (tertiary alicyclic amines) is 1. The molecule has 2 aromatic heterocycles. The van der Waals surface area contributed by atoms with E-state index < -0.39 is 17.3 Å². The monoisotopic (exact) mass is 374 g/mol. The molecular formula is C19H23FN4O3. The van der Waals surface area contributed by atoms with E-state index in [4.69, 9.17) is 0 Å². The van der Waals surface area contributed by atoms with Gasteiger partial charge < -0.3 is 10.0 Å². The van der Waals surface area contributed by atoms with Crippen LogP contribution in [0.2, 0.25) is 0 Å². The minimum absolute atomic E-state index is 0.159. The second kappa shape index (κ2) is 6.75. The Kier molecular flexibility index (Phi) is 4.75. The lowest BCUT2D eigenvalue weighted by Gasteiger charge is -2.39. The molecule has 3 heterocycles. The molecule has 1 saturated heterocycles. The van der Waals surface area contributed by atoms with Crippen LogP contribution in [0.15, 0.2) is 30.7 Å². The zero-order valence-corrected chi connectivity index (χ0v) is 15.6. The molecule has 1 aliphatic rings. The van der Waals surface area contributed by atoms with Crippen molar-refractivity contribution in [3.05, 3.63) is 47.8 Å².